The van der Waals surface area contributed by atoms with Crippen molar-refractivity contribution in [3.8, 4) is 0 Å². The van der Waals surface area contributed by atoms with Gasteiger partial charge < -0.3 is 19.0 Å². The van der Waals surface area contributed by atoms with Gasteiger partial charge in [0.2, 0.25) is 0 Å². The van der Waals surface area contributed by atoms with Gasteiger partial charge in [-0.2, -0.15) is 0 Å². The van der Waals surface area contributed by atoms with E-state index in [0.29, 0.717) is 12.1 Å². The van der Waals surface area contributed by atoms with Gasteiger partial charge in [0.25, 0.3) is 0 Å². The maximum absolute atomic E-state index is 5.49. The average molecular weight is 258 g/mol. The molecule has 2 N–H and O–H groups in total. The van der Waals surface area contributed by atoms with Crippen LogP contribution in [0.3, 0.4) is 0 Å². The summed E-state index contributed by atoms with van der Waals surface area (Å²) in [4.78, 5) is 0. The summed E-state index contributed by atoms with van der Waals surface area (Å²) in [5, 5.41) is 0. The van der Waals surface area contributed by atoms with Crippen molar-refractivity contribution in [2.75, 3.05) is 27.9 Å². The minimum atomic E-state index is -2.44. The summed E-state index contributed by atoms with van der Waals surface area (Å²) < 4.78 is 16.3. The van der Waals surface area contributed by atoms with E-state index in [1.165, 1.54) is 0 Å². The Morgan fingerprint density at radius 3 is 1.87 bits per heavy atom. The Morgan fingerprint density at radius 2 is 1.60 bits per heavy atom. The second-order valence-corrected chi connectivity index (χ2v) is 6.50. The molecule has 0 rings (SSSR count). The molecule has 0 saturated carbocycles. The van der Waals surface area contributed by atoms with Crippen molar-refractivity contribution < 1.29 is 13.3 Å². The number of nitrogens with two attached hydrogens (primary N) is 1. The highest BCUT2D eigenvalue weighted by atomic mass is 35.5. The zero-order chi connectivity index (χ0) is 11.0. The van der Waals surface area contributed by atoms with Crippen LogP contribution in [0.15, 0.2) is 0 Å². The molecule has 1 unspecified atom stereocenters. The summed E-state index contributed by atoms with van der Waals surface area (Å²) in [7, 11) is 2.53. The molecule has 1 atom stereocenters. The van der Waals surface area contributed by atoms with Gasteiger partial charge in [0, 0.05) is 26.9 Å². The summed E-state index contributed by atoms with van der Waals surface area (Å²) in [6.07, 6.45) is 3.00. The summed E-state index contributed by atoms with van der Waals surface area (Å²) in [5.74, 6) is 0. The first-order chi connectivity index (χ1) is 6.70. The van der Waals surface area contributed by atoms with E-state index in [4.69, 9.17) is 19.0 Å². The fraction of sp³-hybridized carbons (Fsp3) is 1.00. The van der Waals surface area contributed by atoms with E-state index in [2.05, 4.69) is 6.92 Å². The molecule has 0 aromatic carbocycles. The van der Waals surface area contributed by atoms with Gasteiger partial charge in [-0.3, -0.25) is 0 Å². The third-order valence-corrected chi connectivity index (χ3v) is 6.01. The molecular formula is C9H24ClNO3Si. The molecule has 0 bridgehead atoms. The Labute approximate surface area is 100 Å². The third kappa shape index (κ3) is 4.80. The zero-order valence-corrected chi connectivity index (χ0v) is 11.9. The van der Waals surface area contributed by atoms with Crippen LogP contribution in [0.5, 0.6) is 0 Å². The monoisotopic (exact) mass is 257 g/mol. The van der Waals surface area contributed by atoms with Gasteiger partial charge in [-0.05, 0) is 25.8 Å². The number of hydrogen-bond donors (Lipinski definition) is 1. The first-order valence-corrected chi connectivity index (χ1v) is 6.86. The average Bonchev–Trinajstić information content (AvgIpc) is 2.25. The second kappa shape index (κ2) is 9.56. The standard InChI is InChI=1S/C9H23NO3Si.ClH/c1-5-9(7-6-8-10)14(11-2,12-3)13-4;/h9H,5-8,10H2,1-4H3;1H. The van der Waals surface area contributed by atoms with Crippen LogP contribution in [0.25, 0.3) is 0 Å². The third-order valence-electron chi connectivity index (χ3n) is 2.60. The van der Waals surface area contributed by atoms with Gasteiger partial charge in [-0.15, -0.1) is 12.4 Å². The van der Waals surface area contributed by atoms with Crippen LogP contribution in [0, 0.1) is 0 Å². The summed E-state index contributed by atoms with van der Waals surface area (Å²) in [6.45, 7) is 2.83. The van der Waals surface area contributed by atoms with Crippen LogP contribution in [-0.4, -0.2) is 36.7 Å². The molecule has 15 heavy (non-hydrogen) atoms. The molecule has 4 nitrogen and oxygen atoms in total. The molecule has 6 heteroatoms. The van der Waals surface area contributed by atoms with Gasteiger partial charge in [0.15, 0.2) is 0 Å². The van der Waals surface area contributed by atoms with Crippen molar-refractivity contribution in [2.45, 2.75) is 31.7 Å². The molecule has 0 aromatic heterocycles. The molecular weight excluding hydrogens is 234 g/mol. The minimum absolute atomic E-state index is 0. The molecule has 0 aliphatic heterocycles. The molecule has 0 fully saturated rings. The highest BCUT2D eigenvalue weighted by Gasteiger charge is 2.45. The largest absolute Gasteiger partial charge is 0.503 e. The molecule has 94 valence electrons. The van der Waals surface area contributed by atoms with Crippen molar-refractivity contribution >= 4 is 21.2 Å². The number of halogens is 1. The Balaban J connectivity index is 0. The predicted octanol–water partition coefficient (Wildman–Crippen LogP) is 1.81. The van der Waals surface area contributed by atoms with Gasteiger partial charge in [-0.1, -0.05) is 6.92 Å². The fourth-order valence-corrected chi connectivity index (χ4v) is 4.30. The Morgan fingerprint density at radius 1 is 1.13 bits per heavy atom. The van der Waals surface area contributed by atoms with E-state index >= 15 is 0 Å². The first kappa shape index (κ1) is 17.7. The maximum Gasteiger partial charge on any atom is 0.503 e. The van der Waals surface area contributed by atoms with Crippen LogP contribution < -0.4 is 5.73 Å². The summed E-state index contributed by atoms with van der Waals surface area (Å²) >= 11 is 0. The second-order valence-electron chi connectivity index (χ2n) is 3.25. The van der Waals surface area contributed by atoms with Crippen LogP contribution in [0.4, 0.5) is 0 Å². The molecule has 0 aliphatic carbocycles. The van der Waals surface area contributed by atoms with E-state index in [0.717, 1.165) is 19.3 Å². The lowest BCUT2D eigenvalue weighted by Crippen LogP contribution is -2.47. The SMILES string of the molecule is CCC(CCCN)[Si](OC)(OC)OC.Cl. The minimum Gasteiger partial charge on any atom is -0.377 e. The van der Waals surface area contributed by atoms with Crippen molar-refractivity contribution in [1.82, 2.24) is 0 Å². The Bertz CT molecular complexity index is 139. The van der Waals surface area contributed by atoms with E-state index < -0.39 is 8.80 Å². The molecule has 0 aromatic rings. The van der Waals surface area contributed by atoms with Crippen LogP contribution in [0.2, 0.25) is 5.54 Å². The van der Waals surface area contributed by atoms with E-state index in [1.54, 1.807) is 21.3 Å². The summed E-state index contributed by atoms with van der Waals surface area (Å²) in [6, 6.07) is 0. The zero-order valence-electron chi connectivity index (χ0n) is 10.1. The van der Waals surface area contributed by atoms with Gasteiger partial charge in [0.05, 0.1) is 0 Å². The van der Waals surface area contributed by atoms with Gasteiger partial charge >= 0.3 is 8.80 Å². The Kier molecular flexibility index (Phi) is 11.3. The van der Waals surface area contributed by atoms with Crippen molar-refractivity contribution in [2.24, 2.45) is 5.73 Å². The molecule has 0 radical (unpaired) electrons. The maximum atomic E-state index is 5.49. The van der Waals surface area contributed by atoms with E-state index in [9.17, 15) is 0 Å². The quantitative estimate of drug-likeness (QED) is 0.674. The molecule has 0 saturated heterocycles. The smallest absolute Gasteiger partial charge is 0.377 e. The molecule has 0 amide bonds. The number of hydrogen-bond acceptors (Lipinski definition) is 4. The van der Waals surface area contributed by atoms with E-state index in [1.807, 2.05) is 0 Å². The lowest BCUT2D eigenvalue weighted by atomic mass is 10.2. The normalized spacial score (nSPS) is 13.4. The van der Waals surface area contributed by atoms with Gasteiger partial charge in [0.1, 0.15) is 0 Å². The van der Waals surface area contributed by atoms with Crippen LogP contribution >= 0.6 is 12.4 Å². The summed E-state index contributed by atoms with van der Waals surface area (Å²) in [5.41, 5.74) is 5.84. The topological polar surface area (TPSA) is 53.7 Å². The number of rotatable bonds is 8. The lowest BCUT2D eigenvalue weighted by molar-refractivity contribution is 0.108. The van der Waals surface area contributed by atoms with Crippen molar-refractivity contribution in [1.29, 1.82) is 0 Å². The molecule has 0 aliphatic rings. The Hall–Kier alpha value is 0.347. The molecule has 0 heterocycles. The molecule has 0 spiro atoms. The van der Waals surface area contributed by atoms with Crippen molar-refractivity contribution in [3.05, 3.63) is 0 Å². The van der Waals surface area contributed by atoms with Crippen molar-refractivity contribution in [3.63, 3.8) is 0 Å². The van der Waals surface area contributed by atoms with Gasteiger partial charge in [-0.25, -0.2) is 0 Å². The highest BCUT2D eigenvalue weighted by Crippen LogP contribution is 2.31. The predicted molar refractivity (Wildman–Crippen MR) is 66.4 cm³/mol. The fourth-order valence-electron chi connectivity index (χ4n) is 1.75. The van der Waals surface area contributed by atoms with Crippen LogP contribution in [0.1, 0.15) is 26.2 Å². The first-order valence-electron chi connectivity index (χ1n) is 5.06. The van der Waals surface area contributed by atoms with Crippen LogP contribution in [-0.2, 0) is 13.3 Å². The van der Waals surface area contributed by atoms with E-state index in [-0.39, 0.29) is 12.4 Å². The lowest BCUT2D eigenvalue weighted by Gasteiger charge is -2.31. The highest BCUT2D eigenvalue weighted by molar-refractivity contribution is 6.62.